The highest BCUT2D eigenvalue weighted by Crippen LogP contribution is 2.31. The van der Waals surface area contributed by atoms with E-state index in [-0.39, 0.29) is 0 Å². The van der Waals surface area contributed by atoms with Gasteiger partial charge in [0.05, 0.1) is 0 Å². The van der Waals surface area contributed by atoms with Gasteiger partial charge >= 0.3 is 0 Å². The van der Waals surface area contributed by atoms with Gasteiger partial charge in [-0.3, -0.25) is 4.99 Å². The Morgan fingerprint density at radius 1 is 1.17 bits per heavy atom. The van der Waals surface area contributed by atoms with E-state index in [1.54, 1.807) is 0 Å². The molecule has 1 unspecified atom stereocenters. The fourth-order valence-electron chi connectivity index (χ4n) is 3.30. The molecule has 0 aromatic heterocycles. The lowest BCUT2D eigenvalue weighted by Gasteiger charge is -2.22. The molecular weight excluding hydrogens is 224 g/mol. The van der Waals surface area contributed by atoms with E-state index in [2.05, 4.69) is 20.1 Å². The zero-order valence-electron chi connectivity index (χ0n) is 11.6. The molecule has 2 aliphatic heterocycles. The molecule has 3 fully saturated rings. The van der Waals surface area contributed by atoms with Gasteiger partial charge in [-0.25, -0.2) is 0 Å². The number of rotatable bonds is 3. The summed E-state index contributed by atoms with van der Waals surface area (Å²) in [5.41, 5.74) is 0. The lowest BCUT2D eigenvalue weighted by Crippen LogP contribution is -2.42. The van der Waals surface area contributed by atoms with Crippen LogP contribution in [-0.2, 0) is 0 Å². The Balaban J connectivity index is 1.42. The maximum absolute atomic E-state index is 4.42. The van der Waals surface area contributed by atoms with Crippen molar-refractivity contribution < 1.29 is 0 Å². The zero-order valence-corrected chi connectivity index (χ0v) is 11.6. The summed E-state index contributed by atoms with van der Waals surface area (Å²) in [7, 11) is 1.91. The summed E-state index contributed by atoms with van der Waals surface area (Å²) in [6.07, 6.45) is 6.88. The van der Waals surface area contributed by atoms with Crippen LogP contribution in [0, 0.1) is 5.92 Å². The summed E-state index contributed by atoms with van der Waals surface area (Å²) in [6.45, 7) is 6.08. The topological polar surface area (TPSA) is 30.9 Å². The molecule has 3 aliphatic rings. The van der Waals surface area contributed by atoms with Crippen molar-refractivity contribution >= 4 is 5.96 Å². The molecule has 0 aromatic carbocycles. The van der Waals surface area contributed by atoms with Crippen LogP contribution in [0.3, 0.4) is 0 Å². The molecular formula is C14H26N4. The van der Waals surface area contributed by atoms with Crippen LogP contribution in [-0.4, -0.2) is 61.6 Å². The van der Waals surface area contributed by atoms with E-state index >= 15 is 0 Å². The second kappa shape index (κ2) is 5.47. The van der Waals surface area contributed by atoms with Gasteiger partial charge in [-0.2, -0.15) is 0 Å². The van der Waals surface area contributed by atoms with Gasteiger partial charge in [-0.1, -0.05) is 0 Å². The lowest BCUT2D eigenvalue weighted by atomic mass is 10.1. The van der Waals surface area contributed by atoms with Crippen molar-refractivity contribution in [2.75, 3.05) is 39.8 Å². The normalized spacial score (nSPS) is 30.2. The Morgan fingerprint density at radius 3 is 2.61 bits per heavy atom. The van der Waals surface area contributed by atoms with Gasteiger partial charge in [0.1, 0.15) is 0 Å². The van der Waals surface area contributed by atoms with Crippen molar-refractivity contribution in [3.63, 3.8) is 0 Å². The molecule has 1 aliphatic carbocycles. The van der Waals surface area contributed by atoms with Crippen molar-refractivity contribution in [3.8, 4) is 0 Å². The third-order valence-corrected chi connectivity index (χ3v) is 4.55. The standard InChI is InChI=1S/C14H26N4/c1-15-14(17-7-2-3-8-17)16-10-12-6-9-18(11-12)13-4-5-13/h12-13H,2-11H2,1H3,(H,15,16). The minimum atomic E-state index is 0.824. The van der Waals surface area contributed by atoms with E-state index in [1.807, 2.05) is 7.05 Å². The Morgan fingerprint density at radius 2 is 1.94 bits per heavy atom. The molecule has 2 saturated heterocycles. The summed E-state index contributed by atoms with van der Waals surface area (Å²) < 4.78 is 0. The highest BCUT2D eigenvalue weighted by molar-refractivity contribution is 5.80. The minimum Gasteiger partial charge on any atom is -0.356 e. The number of aliphatic imine (C=N–C) groups is 1. The van der Waals surface area contributed by atoms with Gasteiger partial charge in [0, 0.05) is 39.3 Å². The molecule has 1 saturated carbocycles. The van der Waals surface area contributed by atoms with Crippen LogP contribution in [0.4, 0.5) is 0 Å². The highest BCUT2D eigenvalue weighted by Gasteiger charge is 2.34. The second-order valence-electron chi connectivity index (χ2n) is 6.00. The minimum absolute atomic E-state index is 0.824. The maximum atomic E-state index is 4.42. The van der Waals surface area contributed by atoms with Crippen molar-refractivity contribution in [2.45, 2.75) is 38.1 Å². The first kappa shape index (κ1) is 12.3. The number of likely N-dealkylation sites (tertiary alicyclic amines) is 2. The molecule has 102 valence electrons. The molecule has 4 heteroatoms. The number of guanidine groups is 1. The first-order chi connectivity index (χ1) is 8.86. The van der Waals surface area contributed by atoms with Crippen molar-refractivity contribution in [1.29, 1.82) is 0 Å². The van der Waals surface area contributed by atoms with Gasteiger partial charge in [0.25, 0.3) is 0 Å². The number of hydrogen-bond acceptors (Lipinski definition) is 2. The lowest BCUT2D eigenvalue weighted by molar-refractivity contribution is 0.313. The highest BCUT2D eigenvalue weighted by atomic mass is 15.3. The van der Waals surface area contributed by atoms with Gasteiger partial charge in [-0.05, 0) is 44.6 Å². The zero-order chi connectivity index (χ0) is 12.4. The van der Waals surface area contributed by atoms with Crippen molar-refractivity contribution in [3.05, 3.63) is 0 Å². The van der Waals surface area contributed by atoms with Crippen LogP contribution in [0.5, 0.6) is 0 Å². The van der Waals surface area contributed by atoms with Crippen LogP contribution in [0.2, 0.25) is 0 Å². The van der Waals surface area contributed by atoms with Crippen molar-refractivity contribution in [1.82, 2.24) is 15.1 Å². The molecule has 18 heavy (non-hydrogen) atoms. The van der Waals surface area contributed by atoms with E-state index in [4.69, 9.17) is 0 Å². The molecule has 0 bridgehead atoms. The molecule has 0 radical (unpaired) electrons. The van der Waals surface area contributed by atoms with E-state index in [0.717, 1.165) is 24.5 Å². The fraction of sp³-hybridized carbons (Fsp3) is 0.929. The molecule has 4 nitrogen and oxygen atoms in total. The van der Waals surface area contributed by atoms with Crippen molar-refractivity contribution in [2.24, 2.45) is 10.9 Å². The maximum Gasteiger partial charge on any atom is 0.193 e. The number of nitrogens with one attached hydrogen (secondary N) is 1. The molecule has 1 N–H and O–H groups in total. The summed E-state index contributed by atoms with van der Waals surface area (Å²) in [4.78, 5) is 9.50. The number of hydrogen-bond donors (Lipinski definition) is 1. The van der Waals surface area contributed by atoms with E-state index in [1.165, 1.54) is 58.3 Å². The van der Waals surface area contributed by atoms with Crippen LogP contribution in [0.1, 0.15) is 32.1 Å². The van der Waals surface area contributed by atoms with E-state index < -0.39 is 0 Å². The largest absolute Gasteiger partial charge is 0.356 e. The fourth-order valence-corrected chi connectivity index (χ4v) is 3.30. The first-order valence-electron chi connectivity index (χ1n) is 7.56. The molecule has 2 heterocycles. The third kappa shape index (κ3) is 2.79. The molecule has 0 aromatic rings. The Hall–Kier alpha value is -0.770. The second-order valence-corrected chi connectivity index (χ2v) is 6.00. The summed E-state index contributed by atoms with van der Waals surface area (Å²) in [5, 5.41) is 3.58. The Kier molecular flexibility index (Phi) is 3.73. The van der Waals surface area contributed by atoms with E-state index in [0.29, 0.717) is 0 Å². The molecule has 0 amide bonds. The Bertz CT molecular complexity index is 305. The summed E-state index contributed by atoms with van der Waals surface area (Å²) in [6, 6.07) is 0.938. The van der Waals surface area contributed by atoms with Gasteiger partial charge in [0.2, 0.25) is 0 Å². The average Bonchev–Trinajstić information content (AvgIpc) is 2.93. The quantitative estimate of drug-likeness (QED) is 0.602. The number of nitrogens with zero attached hydrogens (tertiary/aromatic N) is 3. The Labute approximate surface area is 110 Å². The monoisotopic (exact) mass is 250 g/mol. The van der Waals surface area contributed by atoms with Gasteiger partial charge in [0.15, 0.2) is 5.96 Å². The molecule has 1 atom stereocenters. The smallest absolute Gasteiger partial charge is 0.193 e. The first-order valence-corrected chi connectivity index (χ1v) is 7.56. The molecule has 3 rings (SSSR count). The van der Waals surface area contributed by atoms with Crippen LogP contribution < -0.4 is 5.32 Å². The summed E-state index contributed by atoms with van der Waals surface area (Å²) in [5.74, 6) is 1.95. The van der Waals surface area contributed by atoms with E-state index in [9.17, 15) is 0 Å². The predicted octanol–water partition coefficient (Wildman–Crippen LogP) is 1.14. The molecule has 0 spiro atoms. The third-order valence-electron chi connectivity index (χ3n) is 4.55. The summed E-state index contributed by atoms with van der Waals surface area (Å²) >= 11 is 0. The predicted molar refractivity (Wildman–Crippen MR) is 74.9 cm³/mol. The average molecular weight is 250 g/mol. The van der Waals surface area contributed by atoms with Crippen LogP contribution >= 0.6 is 0 Å². The SMILES string of the molecule is CN=C(NCC1CCN(C2CC2)C1)N1CCCC1. The van der Waals surface area contributed by atoms with Crippen LogP contribution in [0.25, 0.3) is 0 Å². The van der Waals surface area contributed by atoms with Gasteiger partial charge < -0.3 is 15.1 Å². The van der Waals surface area contributed by atoms with Crippen LogP contribution in [0.15, 0.2) is 4.99 Å². The van der Waals surface area contributed by atoms with Gasteiger partial charge in [-0.15, -0.1) is 0 Å².